The van der Waals surface area contributed by atoms with Crippen LogP contribution in [0.4, 0.5) is 0 Å². The van der Waals surface area contributed by atoms with Crippen molar-refractivity contribution < 1.29 is 9.53 Å². The molecule has 2 atom stereocenters. The summed E-state index contributed by atoms with van der Waals surface area (Å²) in [5.74, 6) is -0.158. The number of nitrogens with one attached hydrogen (secondary N) is 1. The summed E-state index contributed by atoms with van der Waals surface area (Å²) in [5.41, 5.74) is 9.07. The van der Waals surface area contributed by atoms with Crippen LogP contribution in [0.2, 0.25) is 0 Å². The lowest BCUT2D eigenvalue weighted by Crippen LogP contribution is -2.40. The van der Waals surface area contributed by atoms with E-state index in [-0.39, 0.29) is 18.0 Å². The van der Waals surface area contributed by atoms with Crippen LogP contribution < -0.4 is 11.1 Å². The molecular formula is C18H22N4O2. The second-order valence-electron chi connectivity index (χ2n) is 6.53. The maximum Gasteiger partial charge on any atom is 0.272 e. The third-order valence-corrected chi connectivity index (χ3v) is 5.01. The van der Waals surface area contributed by atoms with Gasteiger partial charge in [0.05, 0.1) is 18.1 Å². The quantitative estimate of drug-likeness (QED) is 0.897. The number of carbonyl (C=O) groups excluding carboxylic acids is 1. The molecule has 0 saturated carbocycles. The van der Waals surface area contributed by atoms with Crippen molar-refractivity contribution in [2.75, 3.05) is 13.2 Å². The number of nitrogens with two attached hydrogens (primary N) is 1. The lowest BCUT2D eigenvalue weighted by Gasteiger charge is -2.22. The first-order chi connectivity index (χ1) is 11.7. The van der Waals surface area contributed by atoms with Gasteiger partial charge < -0.3 is 15.8 Å². The lowest BCUT2D eigenvalue weighted by molar-refractivity contribution is 0.0660. The van der Waals surface area contributed by atoms with Crippen LogP contribution in [0.1, 0.15) is 46.5 Å². The summed E-state index contributed by atoms with van der Waals surface area (Å²) in [4.78, 5) is 12.5. The monoisotopic (exact) mass is 326 g/mol. The van der Waals surface area contributed by atoms with Crippen LogP contribution in [0.5, 0.6) is 0 Å². The number of hydrogen-bond donors (Lipinski definition) is 2. The van der Waals surface area contributed by atoms with Crippen LogP contribution in [0.25, 0.3) is 0 Å². The smallest absolute Gasteiger partial charge is 0.272 e. The molecule has 0 unspecified atom stereocenters. The molecule has 1 aromatic heterocycles. The zero-order valence-corrected chi connectivity index (χ0v) is 13.5. The summed E-state index contributed by atoms with van der Waals surface area (Å²) < 4.78 is 7.26. The molecule has 24 heavy (non-hydrogen) atoms. The molecule has 0 radical (unpaired) electrons. The summed E-state index contributed by atoms with van der Waals surface area (Å²) in [6.07, 6.45) is 4.52. The summed E-state index contributed by atoms with van der Waals surface area (Å²) in [6.45, 7) is 1.50. The topological polar surface area (TPSA) is 82.2 Å². The van der Waals surface area contributed by atoms with E-state index in [1.54, 1.807) is 6.07 Å². The Bertz CT molecular complexity index is 736. The van der Waals surface area contributed by atoms with Crippen molar-refractivity contribution in [3.63, 3.8) is 0 Å². The van der Waals surface area contributed by atoms with Crippen molar-refractivity contribution in [3.05, 3.63) is 53.3 Å². The van der Waals surface area contributed by atoms with Gasteiger partial charge in [0.25, 0.3) is 5.91 Å². The van der Waals surface area contributed by atoms with Gasteiger partial charge in [-0.2, -0.15) is 5.10 Å². The Hall–Kier alpha value is -2.18. The Morgan fingerprint density at radius 2 is 2.04 bits per heavy atom. The normalized spacial score (nSPS) is 23.9. The van der Waals surface area contributed by atoms with Crippen molar-refractivity contribution in [1.29, 1.82) is 0 Å². The highest BCUT2D eigenvalue weighted by molar-refractivity contribution is 5.92. The molecule has 1 fully saturated rings. The van der Waals surface area contributed by atoms with Crippen LogP contribution in [-0.2, 0) is 11.2 Å². The Morgan fingerprint density at radius 3 is 2.83 bits per heavy atom. The Balaban J connectivity index is 1.43. The SMILES string of the molecule is N[C@@H]1c2ccccc2C[C@H]1NC(=O)c1ccn(C2CCOCC2)n1. The fraction of sp³-hybridized carbons (Fsp3) is 0.444. The van der Waals surface area contributed by atoms with Gasteiger partial charge in [-0.3, -0.25) is 9.48 Å². The van der Waals surface area contributed by atoms with E-state index in [0.29, 0.717) is 11.7 Å². The van der Waals surface area contributed by atoms with E-state index in [2.05, 4.69) is 16.5 Å². The van der Waals surface area contributed by atoms with Gasteiger partial charge in [0, 0.05) is 19.4 Å². The van der Waals surface area contributed by atoms with E-state index in [9.17, 15) is 4.79 Å². The summed E-state index contributed by atoms with van der Waals surface area (Å²) in [7, 11) is 0. The maximum absolute atomic E-state index is 12.5. The molecule has 0 spiro atoms. The van der Waals surface area contributed by atoms with E-state index in [1.807, 2.05) is 29.1 Å². The fourth-order valence-electron chi connectivity index (χ4n) is 3.62. The van der Waals surface area contributed by atoms with E-state index in [1.165, 1.54) is 5.56 Å². The summed E-state index contributed by atoms with van der Waals surface area (Å²) in [6, 6.07) is 9.94. The molecule has 1 saturated heterocycles. The van der Waals surface area contributed by atoms with E-state index >= 15 is 0 Å². The minimum absolute atomic E-state index is 0.0804. The van der Waals surface area contributed by atoms with Crippen LogP contribution in [-0.4, -0.2) is 34.9 Å². The average molecular weight is 326 g/mol. The maximum atomic E-state index is 12.5. The third kappa shape index (κ3) is 2.83. The zero-order chi connectivity index (χ0) is 16.5. The minimum atomic E-state index is -0.164. The van der Waals surface area contributed by atoms with Crippen molar-refractivity contribution >= 4 is 5.91 Å². The van der Waals surface area contributed by atoms with E-state index in [0.717, 1.165) is 38.0 Å². The molecule has 0 bridgehead atoms. The Morgan fingerprint density at radius 1 is 1.25 bits per heavy atom. The third-order valence-electron chi connectivity index (χ3n) is 5.01. The van der Waals surface area contributed by atoms with Gasteiger partial charge in [0.15, 0.2) is 0 Å². The van der Waals surface area contributed by atoms with Gasteiger partial charge in [-0.25, -0.2) is 0 Å². The molecule has 4 rings (SSSR count). The highest BCUT2D eigenvalue weighted by Crippen LogP contribution is 2.29. The number of carbonyl (C=O) groups is 1. The number of fused-ring (bicyclic) bond motifs is 1. The molecule has 1 aliphatic carbocycles. The second kappa shape index (κ2) is 6.37. The molecule has 2 aromatic rings. The number of ether oxygens (including phenoxy) is 1. The minimum Gasteiger partial charge on any atom is -0.381 e. The number of hydrogen-bond acceptors (Lipinski definition) is 4. The number of nitrogens with zero attached hydrogens (tertiary/aromatic N) is 2. The average Bonchev–Trinajstić information content (AvgIpc) is 3.22. The highest BCUT2D eigenvalue weighted by Gasteiger charge is 2.31. The van der Waals surface area contributed by atoms with Crippen LogP contribution in [0.3, 0.4) is 0 Å². The molecular weight excluding hydrogens is 304 g/mol. The first-order valence-electron chi connectivity index (χ1n) is 8.49. The van der Waals surface area contributed by atoms with Gasteiger partial charge in [-0.1, -0.05) is 24.3 Å². The number of aromatic nitrogens is 2. The summed E-state index contributed by atoms with van der Waals surface area (Å²) >= 11 is 0. The van der Waals surface area contributed by atoms with E-state index < -0.39 is 0 Å². The predicted octanol–water partition coefficient (Wildman–Crippen LogP) is 1.59. The lowest BCUT2D eigenvalue weighted by atomic mass is 10.1. The van der Waals surface area contributed by atoms with Gasteiger partial charge in [0.2, 0.25) is 0 Å². The van der Waals surface area contributed by atoms with Crippen molar-refractivity contribution in [1.82, 2.24) is 15.1 Å². The Kier molecular flexibility index (Phi) is 4.08. The van der Waals surface area contributed by atoms with Gasteiger partial charge in [-0.05, 0) is 36.5 Å². The highest BCUT2D eigenvalue weighted by atomic mass is 16.5. The number of rotatable bonds is 3. The van der Waals surface area contributed by atoms with Crippen LogP contribution >= 0.6 is 0 Å². The predicted molar refractivity (Wildman–Crippen MR) is 89.6 cm³/mol. The van der Waals surface area contributed by atoms with Crippen molar-refractivity contribution in [2.45, 2.75) is 37.4 Å². The zero-order valence-electron chi connectivity index (χ0n) is 13.5. The Labute approximate surface area is 141 Å². The largest absolute Gasteiger partial charge is 0.381 e. The number of benzene rings is 1. The molecule has 3 N–H and O–H groups in total. The van der Waals surface area contributed by atoms with E-state index in [4.69, 9.17) is 10.5 Å². The summed E-state index contributed by atoms with van der Waals surface area (Å²) in [5, 5.41) is 7.50. The molecule has 6 heteroatoms. The van der Waals surface area contributed by atoms with Gasteiger partial charge >= 0.3 is 0 Å². The van der Waals surface area contributed by atoms with Crippen molar-refractivity contribution in [2.24, 2.45) is 5.73 Å². The molecule has 1 aliphatic heterocycles. The molecule has 2 heterocycles. The molecule has 126 valence electrons. The van der Waals surface area contributed by atoms with Crippen molar-refractivity contribution in [3.8, 4) is 0 Å². The second-order valence-corrected chi connectivity index (χ2v) is 6.53. The molecule has 1 aromatic carbocycles. The fourth-order valence-corrected chi connectivity index (χ4v) is 3.62. The van der Waals surface area contributed by atoms with Gasteiger partial charge in [0.1, 0.15) is 5.69 Å². The van der Waals surface area contributed by atoms with Crippen LogP contribution in [0, 0.1) is 0 Å². The molecule has 2 aliphatic rings. The molecule has 6 nitrogen and oxygen atoms in total. The standard InChI is InChI=1S/C18H22N4O2/c19-17-14-4-2-1-3-12(14)11-16(17)20-18(23)15-5-8-22(21-15)13-6-9-24-10-7-13/h1-5,8,13,16-17H,6-7,9-11,19H2,(H,20,23)/t16-,17-/m1/s1. The number of amides is 1. The van der Waals surface area contributed by atoms with Gasteiger partial charge in [-0.15, -0.1) is 0 Å². The first-order valence-corrected chi connectivity index (χ1v) is 8.49. The first kappa shape index (κ1) is 15.4. The van der Waals surface area contributed by atoms with Crippen LogP contribution in [0.15, 0.2) is 36.5 Å². The molecule has 1 amide bonds.